The van der Waals surface area contributed by atoms with Gasteiger partial charge in [-0.15, -0.1) is 11.6 Å². The maximum absolute atomic E-state index is 10.7. The van der Waals surface area contributed by atoms with Gasteiger partial charge in [0.1, 0.15) is 11.8 Å². The highest BCUT2D eigenvalue weighted by molar-refractivity contribution is 7.90. The van der Waals surface area contributed by atoms with Gasteiger partial charge in [-0.1, -0.05) is 0 Å². The number of nitrogens with two attached hydrogens (primary N) is 1. The molecule has 0 saturated heterocycles. The van der Waals surface area contributed by atoms with Gasteiger partial charge in [0.25, 0.3) is 0 Å². The molecule has 0 aliphatic heterocycles. The molecular weight excluding hydrogens is 220 g/mol. The maximum Gasteiger partial charge on any atom is 0.243 e. The van der Waals surface area contributed by atoms with E-state index in [9.17, 15) is 13.2 Å². The van der Waals surface area contributed by atoms with Crippen LogP contribution in [0.1, 0.15) is 0 Å². The van der Waals surface area contributed by atoms with E-state index in [0.717, 1.165) is 0 Å². The molecule has 0 radical (unpaired) electrons. The molecule has 3 N–H and O–H groups in total. The number of carbonyl (C=O) groups is 1. The molecule has 0 atom stereocenters. The van der Waals surface area contributed by atoms with Crippen LogP contribution in [0.15, 0.2) is 0 Å². The SMILES string of the molecule is NC(=O)COCCNS(=O)(=O)CCl. The molecule has 0 aliphatic rings. The van der Waals surface area contributed by atoms with E-state index in [-0.39, 0.29) is 19.8 Å². The Morgan fingerprint density at radius 3 is 2.62 bits per heavy atom. The second-order valence-corrected chi connectivity index (χ2v) is 4.53. The van der Waals surface area contributed by atoms with Crippen LogP contribution in [-0.2, 0) is 19.6 Å². The number of nitrogens with one attached hydrogen (secondary N) is 1. The third kappa shape index (κ3) is 7.97. The van der Waals surface area contributed by atoms with E-state index in [1.54, 1.807) is 0 Å². The predicted octanol–water partition coefficient (Wildman–Crippen LogP) is -1.40. The molecule has 0 aliphatic carbocycles. The summed E-state index contributed by atoms with van der Waals surface area (Å²) in [6.07, 6.45) is 0. The normalized spacial score (nSPS) is 11.5. The van der Waals surface area contributed by atoms with Gasteiger partial charge in [0.05, 0.1) is 6.61 Å². The molecule has 0 aromatic carbocycles. The zero-order valence-corrected chi connectivity index (χ0v) is 8.40. The monoisotopic (exact) mass is 230 g/mol. The van der Waals surface area contributed by atoms with Crippen molar-refractivity contribution < 1.29 is 17.9 Å². The smallest absolute Gasteiger partial charge is 0.243 e. The molecule has 8 heteroatoms. The van der Waals surface area contributed by atoms with Gasteiger partial charge in [0.2, 0.25) is 15.9 Å². The van der Waals surface area contributed by atoms with Crippen molar-refractivity contribution in [2.45, 2.75) is 0 Å². The summed E-state index contributed by atoms with van der Waals surface area (Å²) in [6.45, 7) is -0.0655. The standard InChI is InChI=1S/C5H11ClN2O4S/c6-4-13(10,11)8-1-2-12-3-5(7)9/h8H,1-4H2,(H2,7,9). The molecule has 0 saturated carbocycles. The highest BCUT2D eigenvalue weighted by Crippen LogP contribution is 1.86. The van der Waals surface area contributed by atoms with Crippen molar-refractivity contribution in [1.29, 1.82) is 0 Å². The number of alkyl halides is 1. The molecule has 0 spiro atoms. The summed E-state index contributed by atoms with van der Waals surface area (Å²) in [4.78, 5) is 10.2. The first-order chi connectivity index (χ1) is 5.98. The summed E-state index contributed by atoms with van der Waals surface area (Å²) in [5, 5.41) is -0.497. The van der Waals surface area contributed by atoms with E-state index < -0.39 is 21.1 Å². The molecule has 1 amide bonds. The third-order valence-corrected chi connectivity index (χ3v) is 2.75. The number of hydrogen-bond acceptors (Lipinski definition) is 4. The summed E-state index contributed by atoms with van der Waals surface area (Å²) < 4.78 is 28.2. The van der Waals surface area contributed by atoms with Gasteiger partial charge in [0, 0.05) is 6.54 Å². The van der Waals surface area contributed by atoms with Gasteiger partial charge < -0.3 is 10.5 Å². The summed E-state index contributed by atoms with van der Waals surface area (Å²) in [5.41, 5.74) is 4.76. The number of carbonyl (C=O) groups excluding carboxylic acids is 1. The number of ether oxygens (including phenoxy) is 1. The van der Waals surface area contributed by atoms with Crippen LogP contribution < -0.4 is 10.5 Å². The molecule has 0 unspecified atom stereocenters. The first kappa shape index (κ1) is 12.6. The van der Waals surface area contributed by atoms with Crippen molar-refractivity contribution in [3.63, 3.8) is 0 Å². The summed E-state index contributed by atoms with van der Waals surface area (Å²) in [7, 11) is -3.40. The topological polar surface area (TPSA) is 98.5 Å². The Morgan fingerprint density at radius 1 is 1.54 bits per heavy atom. The van der Waals surface area contributed by atoms with E-state index in [1.165, 1.54) is 0 Å². The quantitative estimate of drug-likeness (QED) is 0.415. The molecule has 0 bridgehead atoms. The zero-order chi connectivity index (χ0) is 10.3. The van der Waals surface area contributed by atoms with Crippen molar-refractivity contribution >= 4 is 27.5 Å². The molecule has 13 heavy (non-hydrogen) atoms. The number of hydrogen-bond donors (Lipinski definition) is 2. The van der Waals surface area contributed by atoms with Crippen LogP contribution in [0.3, 0.4) is 0 Å². The van der Waals surface area contributed by atoms with Crippen LogP contribution in [0.4, 0.5) is 0 Å². The minimum atomic E-state index is -3.40. The fraction of sp³-hybridized carbons (Fsp3) is 0.800. The van der Waals surface area contributed by atoms with Crippen LogP contribution >= 0.6 is 11.6 Å². The van der Waals surface area contributed by atoms with E-state index in [1.807, 2.05) is 0 Å². The Kier molecular flexibility index (Phi) is 5.97. The highest BCUT2D eigenvalue weighted by atomic mass is 35.5. The lowest BCUT2D eigenvalue weighted by Crippen LogP contribution is -2.29. The Bertz CT molecular complexity index is 253. The first-order valence-electron chi connectivity index (χ1n) is 3.37. The number of sulfonamides is 1. The van der Waals surface area contributed by atoms with Crippen molar-refractivity contribution in [3.8, 4) is 0 Å². The van der Waals surface area contributed by atoms with Gasteiger partial charge in [-0.3, -0.25) is 4.79 Å². The van der Waals surface area contributed by atoms with E-state index in [4.69, 9.17) is 22.1 Å². The Labute approximate surface area is 81.4 Å². The predicted molar refractivity (Wildman–Crippen MR) is 47.7 cm³/mol. The lowest BCUT2D eigenvalue weighted by molar-refractivity contribution is -0.122. The van der Waals surface area contributed by atoms with Crippen LogP contribution in [0.25, 0.3) is 0 Å². The first-order valence-corrected chi connectivity index (χ1v) is 5.56. The molecule has 0 aromatic heterocycles. The lowest BCUT2D eigenvalue weighted by Gasteiger charge is -2.03. The largest absolute Gasteiger partial charge is 0.370 e. The van der Waals surface area contributed by atoms with Gasteiger partial charge in [-0.25, -0.2) is 13.1 Å². The number of amides is 1. The summed E-state index contributed by atoms with van der Waals surface area (Å²) >= 11 is 5.09. The highest BCUT2D eigenvalue weighted by Gasteiger charge is 2.05. The molecule has 0 heterocycles. The van der Waals surface area contributed by atoms with Crippen LogP contribution in [0.2, 0.25) is 0 Å². The number of halogens is 1. The zero-order valence-electron chi connectivity index (χ0n) is 6.82. The van der Waals surface area contributed by atoms with Gasteiger partial charge in [0.15, 0.2) is 0 Å². The lowest BCUT2D eigenvalue weighted by atomic mass is 10.6. The number of primary amides is 1. The van der Waals surface area contributed by atoms with E-state index in [2.05, 4.69) is 4.72 Å². The fourth-order valence-electron chi connectivity index (χ4n) is 0.481. The summed E-state index contributed by atoms with van der Waals surface area (Å²) in [5.74, 6) is -0.597. The van der Waals surface area contributed by atoms with E-state index in [0.29, 0.717) is 0 Å². The minimum absolute atomic E-state index is 0.0718. The van der Waals surface area contributed by atoms with Crippen LogP contribution in [0, 0.1) is 0 Å². The second kappa shape index (κ2) is 6.14. The molecule has 0 aromatic rings. The Balaban J connectivity index is 3.42. The van der Waals surface area contributed by atoms with Crippen molar-refractivity contribution in [3.05, 3.63) is 0 Å². The molecule has 6 nitrogen and oxygen atoms in total. The van der Waals surface area contributed by atoms with Gasteiger partial charge in [-0.05, 0) is 0 Å². The minimum Gasteiger partial charge on any atom is -0.370 e. The van der Waals surface area contributed by atoms with Crippen molar-refractivity contribution in [2.75, 3.05) is 25.0 Å². The third-order valence-electron chi connectivity index (χ3n) is 0.956. The molecule has 0 rings (SSSR count). The van der Waals surface area contributed by atoms with E-state index >= 15 is 0 Å². The molecular formula is C5H11ClN2O4S. The van der Waals surface area contributed by atoms with Crippen molar-refractivity contribution in [1.82, 2.24) is 4.72 Å². The van der Waals surface area contributed by atoms with Gasteiger partial charge in [-0.2, -0.15) is 0 Å². The Morgan fingerprint density at radius 2 is 2.15 bits per heavy atom. The second-order valence-electron chi connectivity index (χ2n) is 2.14. The van der Waals surface area contributed by atoms with Crippen LogP contribution in [0.5, 0.6) is 0 Å². The van der Waals surface area contributed by atoms with Gasteiger partial charge >= 0.3 is 0 Å². The molecule has 0 fully saturated rings. The molecule has 78 valence electrons. The average Bonchev–Trinajstić information content (AvgIpc) is 2.03. The van der Waals surface area contributed by atoms with Crippen LogP contribution in [-0.4, -0.2) is 39.3 Å². The van der Waals surface area contributed by atoms with Crippen molar-refractivity contribution in [2.24, 2.45) is 5.73 Å². The number of rotatable bonds is 7. The Hall–Kier alpha value is -0.370. The average molecular weight is 231 g/mol. The fourth-order valence-corrected chi connectivity index (χ4v) is 1.18. The summed E-state index contributed by atoms with van der Waals surface area (Å²) in [6, 6.07) is 0. The maximum atomic E-state index is 10.7.